The fourth-order valence-electron chi connectivity index (χ4n) is 1.48. The lowest BCUT2D eigenvalue weighted by molar-refractivity contribution is 0.0992. The average molecular weight is 219 g/mol. The number of aromatic nitrogens is 4. The van der Waals surface area contributed by atoms with Crippen LogP contribution in [-0.4, -0.2) is 25.3 Å². The molecule has 0 aromatic carbocycles. The Balaban J connectivity index is 2.18. The number of Topliss-reactive ketones (excluding diaryl/α,β-unsaturated/α-hetero) is 1. The van der Waals surface area contributed by atoms with Gasteiger partial charge in [0.05, 0.1) is 23.9 Å². The second-order valence-corrected chi connectivity index (χ2v) is 3.65. The summed E-state index contributed by atoms with van der Waals surface area (Å²) in [6, 6.07) is 1.81. The van der Waals surface area contributed by atoms with Gasteiger partial charge in [0.1, 0.15) is 5.82 Å². The van der Waals surface area contributed by atoms with E-state index >= 15 is 0 Å². The van der Waals surface area contributed by atoms with E-state index in [1.807, 2.05) is 13.1 Å². The molecule has 0 aliphatic heterocycles. The number of rotatable bonds is 3. The lowest BCUT2D eigenvalue weighted by atomic mass is 10.1. The minimum Gasteiger partial charge on any atom is -0.383 e. The van der Waals surface area contributed by atoms with Crippen LogP contribution >= 0.6 is 0 Å². The van der Waals surface area contributed by atoms with Crippen molar-refractivity contribution in [1.82, 2.24) is 19.6 Å². The number of nitrogen functional groups attached to an aromatic ring is 1. The van der Waals surface area contributed by atoms with E-state index in [0.29, 0.717) is 11.4 Å². The number of anilines is 1. The van der Waals surface area contributed by atoms with Crippen LogP contribution in [0.25, 0.3) is 0 Å². The highest BCUT2D eigenvalue weighted by atomic mass is 16.1. The fraction of sp³-hybridized carbons (Fsp3) is 0.300. The number of hydrogen-bond donors (Lipinski definition) is 1. The van der Waals surface area contributed by atoms with Crippen molar-refractivity contribution < 1.29 is 4.79 Å². The molecule has 0 saturated heterocycles. The van der Waals surface area contributed by atoms with Crippen LogP contribution in [0.5, 0.6) is 0 Å². The largest absolute Gasteiger partial charge is 0.383 e. The molecule has 0 spiro atoms. The number of nitrogens with zero attached hydrogens (tertiary/aromatic N) is 4. The van der Waals surface area contributed by atoms with Crippen molar-refractivity contribution in [2.75, 3.05) is 5.73 Å². The summed E-state index contributed by atoms with van der Waals surface area (Å²) in [6.07, 6.45) is 3.53. The molecule has 0 amide bonds. The highest BCUT2D eigenvalue weighted by molar-refractivity contribution is 6.00. The van der Waals surface area contributed by atoms with Crippen molar-refractivity contribution in [3.05, 3.63) is 29.7 Å². The average Bonchev–Trinajstić information content (AvgIpc) is 2.76. The zero-order valence-corrected chi connectivity index (χ0v) is 9.21. The maximum absolute atomic E-state index is 11.9. The normalized spacial score (nSPS) is 10.6. The van der Waals surface area contributed by atoms with Gasteiger partial charge in [-0.2, -0.15) is 10.2 Å². The summed E-state index contributed by atoms with van der Waals surface area (Å²) in [5, 5.41) is 8.07. The van der Waals surface area contributed by atoms with Crippen molar-refractivity contribution in [2.24, 2.45) is 14.1 Å². The molecular formula is C10H13N5O. The molecule has 2 aromatic rings. The molecule has 2 rings (SSSR count). The maximum atomic E-state index is 11.9. The van der Waals surface area contributed by atoms with Crippen molar-refractivity contribution in [1.29, 1.82) is 0 Å². The number of nitrogens with two attached hydrogens (primary N) is 1. The molecule has 16 heavy (non-hydrogen) atoms. The minimum atomic E-state index is -0.0655. The van der Waals surface area contributed by atoms with Crippen LogP contribution in [-0.2, 0) is 20.5 Å². The standard InChI is InChI=1S/C10H13N5O/c1-14-4-3-7(13-14)5-9(16)8-6-12-15(2)10(8)11/h3-4,6H,5,11H2,1-2H3. The van der Waals surface area contributed by atoms with Gasteiger partial charge in [0, 0.05) is 20.3 Å². The molecule has 0 atom stereocenters. The molecule has 0 aliphatic carbocycles. The molecule has 0 unspecified atom stereocenters. The third kappa shape index (κ3) is 1.81. The van der Waals surface area contributed by atoms with E-state index in [4.69, 9.17) is 5.73 Å². The molecule has 6 nitrogen and oxygen atoms in total. The highest BCUT2D eigenvalue weighted by Crippen LogP contribution is 2.12. The fourth-order valence-corrected chi connectivity index (χ4v) is 1.48. The number of carbonyl (C=O) groups excluding carboxylic acids is 1. The number of carbonyl (C=O) groups is 1. The van der Waals surface area contributed by atoms with Gasteiger partial charge >= 0.3 is 0 Å². The smallest absolute Gasteiger partial charge is 0.174 e. The molecule has 0 aliphatic rings. The van der Waals surface area contributed by atoms with Crippen molar-refractivity contribution in [2.45, 2.75) is 6.42 Å². The lowest BCUT2D eigenvalue weighted by Crippen LogP contribution is -2.08. The molecule has 2 aromatic heterocycles. The topological polar surface area (TPSA) is 78.7 Å². The van der Waals surface area contributed by atoms with Gasteiger partial charge in [-0.1, -0.05) is 0 Å². The Morgan fingerprint density at radius 3 is 2.75 bits per heavy atom. The van der Waals surface area contributed by atoms with Crippen molar-refractivity contribution in [3.8, 4) is 0 Å². The van der Waals surface area contributed by atoms with Crippen LogP contribution in [0.1, 0.15) is 16.1 Å². The van der Waals surface area contributed by atoms with E-state index < -0.39 is 0 Å². The van der Waals surface area contributed by atoms with Gasteiger partial charge in [-0.05, 0) is 6.07 Å². The Bertz CT molecular complexity index is 525. The van der Waals surface area contributed by atoms with Gasteiger partial charge < -0.3 is 5.73 Å². The SMILES string of the molecule is Cn1ccc(CC(=O)c2cnn(C)c2N)n1. The van der Waals surface area contributed by atoms with Crippen LogP contribution in [0.3, 0.4) is 0 Å². The van der Waals surface area contributed by atoms with Crippen LogP contribution < -0.4 is 5.73 Å². The van der Waals surface area contributed by atoms with E-state index in [1.54, 1.807) is 17.9 Å². The van der Waals surface area contributed by atoms with Gasteiger partial charge in [-0.3, -0.25) is 14.2 Å². The maximum Gasteiger partial charge on any atom is 0.174 e. The summed E-state index contributed by atoms with van der Waals surface area (Å²) >= 11 is 0. The van der Waals surface area contributed by atoms with Gasteiger partial charge in [0.2, 0.25) is 0 Å². The summed E-state index contributed by atoms with van der Waals surface area (Å²) < 4.78 is 3.14. The third-order valence-electron chi connectivity index (χ3n) is 2.40. The zero-order chi connectivity index (χ0) is 11.7. The third-order valence-corrected chi connectivity index (χ3v) is 2.40. The molecule has 0 bridgehead atoms. The summed E-state index contributed by atoms with van der Waals surface area (Å²) in [6.45, 7) is 0. The first kappa shape index (κ1) is 10.4. The summed E-state index contributed by atoms with van der Waals surface area (Å²) in [5.41, 5.74) is 6.90. The predicted octanol–water partition coefficient (Wildman–Crippen LogP) is 0.161. The summed E-state index contributed by atoms with van der Waals surface area (Å²) in [4.78, 5) is 11.9. The molecule has 2 heterocycles. The first-order chi connectivity index (χ1) is 7.58. The molecule has 2 N–H and O–H groups in total. The summed E-state index contributed by atoms with van der Waals surface area (Å²) in [5.74, 6) is 0.324. The van der Waals surface area contributed by atoms with Crippen LogP contribution in [0.15, 0.2) is 18.5 Å². The molecule has 0 radical (unpaired) electrons. The minimum absolute atomic E-state index is 0.0655. The zero-order valence-electron chi connectivity index (χ0n) is 9.21. The van der Waals surface area contributed by atoms with Crippen LogP contribution in [0, 0.1) is 0 Å². The Morgan fingerprint density at radius 1 is 1.50 bits per heavy atom. The Labute approximate surface area is 92.7 Å². The van der Waals surface area contributed by atoms with Crippen LogP contribution in [0.2, 0.25) is 0 Å². The first-order valence-corrected chi connectivity index (χ1v) is 4.87. The Kier molecular flexibility index (Phi) is 2.47. The van der Waals surface area contributed by atoms with E-state index in [0.717, 1.165) is 5.69 Å². The quantitative estimate of drug-likeness (QED) is 0.746. The van der Waals surface area contributed by atoms with Gasteiger partial charge in [0.15, 0.2) is 5.78 Å². The van der Waals surface area contributed by atoms with Crippen molar-refractivity contribution in [3.63, 3.8) is 0 Å². The lowest BCUT2D eigenvalue weighted by Gasteiger charge is -1.98. The molecule has 0 fully saturated rings. The predicted molar refractivity (Wildman–Crippen MR) is 58.9 cm³/mol. The van der Waals surface area contributed by atoms with Gasteiger partial charge in [-0.25, -0.2) is 0 Å². The van der Waals surface area contributed by atoms with E-state index in [2.05, 4.69) is 10.2 Å². The molecular weight excluding hydrogens is 206 g/mol. The Hall–Kier alpha value is -2.11. The first-order valence-electron chi connectivity index (χ1n) is 4.87. The Morgan fingerprint density at radius 2 is 2.25 bits per heavy atom. The second-order valence-electron chi connectivity index (χ2n) is 3.65. The van der Waals surface area contributed by atoms with Crippen molar-refractivity contribution >= 4 is 11.6 Å². The summed E-state index contributed by atoms with van der Waals surface area (Å²) in [7, 11) is 3.51. The number of hydrogen-bond acceptors (Lipinski definition) is 4. The number of ketones is 1. The molecule has 84 valence electrons. The van der Waals surface area contributed by atoms with Crippen LogP contribution in [0.4, 0.5) is 5.82 Å². The van der Waals surface area contributed by atoms with Gasteiger partial charge in [-0.15, -0.1) is 0 Å². The molecule has 6 heteroatoms. The van der Waals surface area contributed by atoms with E-state index in [1.165, 1.54) is 10.9 Å². The number of aryl methyl sites for hydroxylation is 2. The van der Waals surface area contributed by atoms with Gasteiger partial charge in [0.25, 0.3) is 0 Å². The monoisotopic (exact) mass is 219 g/mol. The van der Waals surface area contributed by atoms with E-state index in [-0.39, 0.29) is 12.2 Å². The molecule has 0 saturated carbocycles. The second kappa shape index (κ2) is 3.80. The highest BCUT2D eigenvalue weighted by Gasteiger charge is 2.15. The van der Waals surface area contributed by atoms with E-state index in [9.17, 15) is 4.79 Å².